The van der Waals surface area contributed by atoms with E-state index in [-0.39, 0.29) is 62.7 Å². The van der Waals surface area contributed by atoms with Crippen molar-refractivity contribution in [2.24, 2.45) is 17.8 Å². The summed E-state index contributed by atoms with van der Waals surface area (Å²) in [4.78, 5) is 25.1. The highest BCUT2D eigenvalue weighted by Crippen LogP contribution is 2.46. The van der Waals surface area contributed by atoms with E-state index in [1.807, 2.05) is 6.92 Å². The lowest BCUT2D eigenvalue weighted by molar-refractivity contribution is -0.126. The summed E-state index contributed by atoms with van der Waals surface area (Å²) in [5.41, 5.74) is 1.07. The summed E-state index contributed by atoms with van der Waals surface area (Å²) < 4.78 is 57.3. The molecule has 3 saturated carbocycles. The lowest BCUT2D eigenvalue weighted by atomic mass is 9.60. The molecule has 3 fully saturated rings. The van der Waals surface area contributed by atoms with Gasteiger partial charge in [0, 0.05) is 29.1 Å². The molecule has 3 aromatic heterocycles. The molecule has 3 aliphatic rings. The maximum absolute atomic E-state index is 15.0. The Hall–Kier alpha value is -3.73. The van der Waals surface area contributed by atoms with Gasteiger partial charge in [-0.1, -0.05) is 17.7 Å². The van der Waals surface area contributed by atoms with Gasteiger partial charge in [-0.05, 0) is 69.6 Å². The number of halogens is 2. The number of ketones is 1. The van der Waals surface area contributed by atoms with Crippen LogP contribution in [0.3, 0.4) is 0 Å². The maximum atomic E-state index is 15.0. The van der Waals surface area contributed by atoms with Crippen LogP contribution in [0.25, 0.3) is 22.4 Å². The van der Waals surface area contributed by atoms with E-state index in [0.29, 0.717) is 0 Å². The Labute approximate surface area is 224 Å². The topological polar surface area (TPSA) is 107 Å². The van der Waals surface area contributed by atoms with Gasteiger partial charge in [0.05, 0.1) is 17.3 Å². The number of anilines is 1. The second kappa shape index (κ2) is 9.48. The molecule has 0 unspecified atom stereocenters. The average Bonchev–Trinajstić information content (AvgIpc) is 3.30. The summed E-state index contributed by atoms with van der Waals surface area (Å²) in [7, 11) is -4.10. The predicted octanol–water partition coefficient (Wildman–Crippen LogP) is 5.12. The molecule has 0 saturated heterocycles. The Morgan fingerprint density at radius 3 is 2.41 bits per heavy atom. The molecule has 3 aliphatic carbocycles. The minimum absolute atomic E-state index is 0.00403. The second-order valence-electron chi connectivity index (χ2n) is 10.6. The van der Waals surface area contributed by atoms with Crippen molar-refractivity contribution in [2.45, 2.75) is 50.5 Å². The Balaban J connectivity index is 1.44. The van der Waals surface area contributed by atoms with Crippen molar-refractivity contribution in [3.05, 3.63) is 66.1 Å². The molecule has 0 aliphatic heterocycles. The summed E-state index contributed by atoms with van der Waals surface area (Å²) in [6, 6.07) is 7.23. The van der Waals surface area contributed by atoms with Crippen LogP contribution >= 0.6 is 0 Å². The standard InChI is InChI=1S/C28H27F2N5O3S/c1-15-3-9-20(10-4-15)39(37,38)35-14-22(21-11-19(29)12-32-28(21)35)26-31-13-23(30)27(34-26)33-25-18-7-5-17(6-8-18)24(25)16(2)36/h3-4,9-14,17-18,24-25H,5-8H2,1-2H3,(H,31,33,34)/t17?,18?,24-,25-/m0/s1. The van der Waals surface area contributed by atoms with Gasteiger partial charge in [-0.3, -0.25) is 4.79 Å². The van der Waals surface area contributed by atoms with E-state index in [9.17, 15) is 22.0 Å². The van der Waals surface area contributed by atoms with Crippen molar-refractivity contribution in [2.75, 3.05) is 5.32 Å². The van der Waals surface area contributed by atoms with Crippen molar-refractivity contribution in [3.63, 3.8) is 0 Å². The number of rotatable bonds is 6. The van der Waals surface area contributed by atoms with Gasteiger partial charge in [0.1, 0.15) is 11.6 Å². The summed E-state index contributed by atoms with van der Waals surface area (Å²) in [5, 5.41) is 3.36. The summed E-state index contributed by atoms with van der Waals surface area (Å²) in [5.74, 6) is -1.10. The third kappa shape index (κ3) is 4.38. The first kappa shape index (κ1) is 25.5. The molecule has 1 N–H and O–H groups in total. The third-order valence-corrected chi connectivity index (χ3v) is 9.80. The number of pyridine rings is 1. The number of benzene rings is 1. The zero-order chi connectivity index (χ0) is 27.5. The van der Waals surface area contributed by atoms with Crippen LogP contribution in [0.4, 0.5) is 14.6 Å². The van der Waals surface area contributed by atoms with Crippen molar-refractivity contribution in [1.82, 2.24) is 18.9 Å². The van der Waals surface area contributed by atoms with E-state index in [0.717, 1.165) is 53.7 Å². The summed E-state index contributed by atoms with van der Waals surface area (Å²) in [6.07, 6.45) is 7.10. The van der Waals surface area contributed by atoms with Crippen LogP contribution in [-0.2, 0) is 14.8 Å². The summed E-state index contributed by atoms with van der Waals surface area (Å²) >= 11 is 0. The number of aryl methyl sites for hydroxylation is 1. The normalized spacial score (nSPS) is 22.8. The first-order valence-corrected chi connectivity index (χ1v) is 14.4. The molecule has 39 heavy (non-hydrogen) atoms. The van der Waals surface area contributed by atoms with Crippen molar-refractivity contribution < 1.29 is 22.0 Å². The Bertz CT molecular complexity index is 1700. The first-order chi connectivity index (χ1) is 18.6. The molecule has 11 heteroatoms. The number of carbonyl (C=O) groups is 1. The maximum Gasteiger partial charge on any atom is 0.269 e. The van der Waals surface area contributed by atoms with Crippen LogP contribution in [0.5, 0.6) is 0 Å². The van der Waals surface area contributed by atoms with E-state index < -0.39 is 21.7 Å². The monoisotopic (exact) mass is 551 g/mol. The molecule has 2 atom stereocenters. The molecule has 3 heterocycles. The van der Waals surface area contributed by atoms with Crippen LogP contribution in [0.1, 0.15) is 38.2 Å². The van der Waals surface area contributed by atoms with Gasteiger partial charge in [0.2, 0.25) is 0 Å². The van der Waals surface area contributed by atoms with Gasteiger partial charge in [-0.25, -0.2) is 36.1 Å². The van der Waals surface area contributed by atoms with Crippen molar-refractivity contribution in [1.29, 1.82) is 0 Å². The number of aromatic nitrogens is 4. The number of hydrogen-bond acceptors (Lipinski definition) is 7. The molecule has 0 radical (unpaired) electrons. The minimum Gasteiger partial charge on any atom is -0.364 e. The zero-order valence-corrected chi connectivity index (χ0v) is 22.3. The van der Waals surface area contributed by atoms with Crippen LogP contribution in [-0.4, -0.2) is 39.2 Å². The molecule has 8 nitrogen and oxygen atoms in total. The number of nitrogens with zero attached hydrogens (tertiary/aromatic N) is 4. The third-order valence-electron chi connectivity index (χ3n) is 8.13. The van der Waals surface area contributed by atoms with Gasteiger partial charge in [-0.2, -0.15) is 0 Å². The Kier molecular flexibility index (Phi) is 6.21. The lowest BCUT2D eigenvalue weighted by Crippen LogP contribution is -2.51. The number of fused-ring (bicyclic) bond motifs is 4. The number of hydrogen-bond donors (Lipinski definition) is 1. The molecular formula is C28H27F2N5O3S. The van der Waals surface area contributed by atoms with E-state index in [4.69, 9.17) is 0 Å². The van der Waals surface area contributed by atoms with E-state index in [1.54, 1.807) is 19.1 Å². The van der Waals surface area contributed by atoms with Gasteiger partial charge in [0.15, 0.2) is 23.1 Å². The molecule has 2 bridgehead atoms. The summed E-state index contributed by atoms with van der Waals surface area (Å²) in [6.45, 7) is 3.42. The van der Waals surface area contributed by atoms with Crippen LogP contribution < -0.4 is 5.32 Å². The Morgan fingerprint density at radius 1 is 1.03 bits per heavy atom. The fourth-order valence-electron chi connectivity index (χ4n) is 6.24. The highest BCUT2D eigenvalue weighted by atomic mass is 32.2. The highest BCUT2D eigenvalue weighted by Gasteiger charge is 2.46. The van der Waals surface area contributed by atoms with E-state index in [2.05, 4.69) is 20.3 Å². The molecule has 4 aromatic rings. The van der Waals surface area contributed by atoms with E-state index in [1.165, 1.54) is 18.3 Å². The van der Waals surface area contributed by atoms with Crippen LogP contribution in [0.2, 0.25) is 0 Å². The zero-order valence-electron chi connectivity index (χ0n) is 21.4. The van der Waals surface area contributed by atoms with Crippen LogP contribution in [0, 0.1) is 36.3 Å². The average molecular weight is 552 g/mol. The molecule has 7 rings (SSSR count). The van der Waals surface area contributed by atoms with Crippen molar-refractivity contribution in [3.8, 4) is 11.4 Å². The predicted molar refractivity (Wildman–Crippen MR) is 141 cm³/mol. The van der Waals surface area contributed by atoms with Crippen molar-refractivity contribution >= 4 is 32.7 Å². The molecular weight excluding hydrogens is 524 g/mol. The number of Topliss-reactive ketones (excluding diaryl/α,β-unsaturated/α-hetero) is 1. The molecule has 1 aromatic carbocycles. The molecule has 0 spiro atoms. The second-order valence-corrected chi connectivity index (χ2v) is 12.4. The quantitative estimate of drug-likeness (QED) is 0.354. The lowest BCUT2D eigenvalue weighted by Gasteiger charge is -2.48. The van der Waals surface area contributed by atoms with Crippen LogP contribution in [0.15, 0.2) is 53.8 Å². The van der Waals surface area contributed by atoms with Gasteiger partial charge >= 0.3 is 0 Å². The number of carbonyl (C=O) groups excluding carboxylic acids is 1. The largest absolute Gasteiger partial charge is 0.364 e. The SMILES string of the molecule is CC(=O)[C@H]1C2CCC(CC2)[C@@H]1Nc1nc(-c2cn(S(=O)(=O)c3ccc(C)cc3)c3ncc(F)cc23)ncc1F. The first-order valence-electron chi connectivity index (χ1n) is 12.9. The highest BCUT2D eigenvalue weighted by molar-refractivity contribution is 7.90. The molecule has 0 amide bonds. The fraction of sp³-hybridized carbons (Fsp3) is 0.357. The van der Waals surface area contributed by atoms with Gasteiger partial charge < -0.3 is 5.32 Å². The van der Waals surface area contributed by atoms with E-state index >= 15 is 0 Å². The Morgan fingerprint density at radius 2 is 1.72 bits per heavy atom. The number of nitrogens with one attached hydrogen (secondary N) is 1. The smallest absolute Gasteiger partial charge is 0.269 e. The minimum atomic E-state index is -4.10. The molecule has 202 valence electrons. The van der Waals surface area contributed by atoms with Gasteiger partial charge in [-0.15, -0.1) is 0 Å². The van der Waals surface area contributed by atoms with Gasteiger partial charge in [0.25, 0.3) is 10.0 Å². The fourth-order valence-corrected chi connectivity index (χ4v) is 7.56.